The van der Waals surface area contributed by atoms with Gasteiger partial charge in [0.1, 0.15) is 17.1 Å². The molecule has 0 bridgehead atoms. The molecule has 0 aliphatic heterocycles. The van der Waals surface area contributed by atoms with Crippen molar-refractivity contribution in [2.24, 2.45) is 10.2 Å². The number of nitro benzene ring substituents is 1. The standard InChI is InChI=1S/C17H13N3O10S2/c1-30-15-8-13(20(22)23)16(32(27,28)29)7-12(15)18-19-17-11-4-3-10(31(24,25)26)6-9(11)2-5-14(17)21/h2-8,21H,1H3,(H,24,25,26)(H,27,28,29). The maximum Gasteiger partial charge on any atom is 0.301 e. The molecule has 0 fully saturated rings. The van der Waals surface area contributed by atoms with Gasteiger partial charge in [-0.3, -0.25) is 19.2 Å². The number of aromatic hydroxyl groups is 1. The van der Waals surface area contributed by atoms with Crippen molar-refractivity contribution < 1.29 is 40.7 Å². The van der Waals surface area contributed by atoms with E-state index in [0.29, 0.717) is 6.07 Å². The molecule has 15 heteroatoms. The minimum atomic E-state index is -5.00. The van der Waals surface area contributed by atoms with Gasteiger partial charge in [0.25, 0.3) is 15.8 Å². The number of azo groups is 1. The van der Waals surface area contributed by atoms with Gasteiger partial charge < -0.3 is 9.84 Å². The smallest absolute Gasteiger partial charge is 0.301 e. The number of nitrogens with zero attached hydrogens (tertiary/aromatic N) is 3. The van der Waals surface area contributed by atoms with Crippen LogP contribution in [-0.4, -0.2) is 43.1 Å². The zero-order chi connectivity index (χ0) is 23.8. The van der Waals surface area contributed by atoms with Gasteiger partial charge in [0.15, 0.2) is 10.6 Å². The molecule has 3 N–H and O–H groups in total. The summed E-state index contributed by atoms with van der Waals surface area (Å²) in [4.78, 5) is 8.67. The highest BCUT2D eigenvalue weighted by Gasteiger charge is 2.27. The molecule has 0 spiro atoms. The number of phenols is 1. The number of rotatable bonds is 6. The third-order valence-electron chi connectivity index (χ3n) is 4.23. The Kier molecular flexibility index (Phi) is 5.84. The van der Waals surface area contributed by atoms with Crippen molar-refractivity contribution in [3.05, 3.63) is 52.6 Å². The van der Waals surface area contributed by atoms with E-state index in [1.54, 1.807) is 0 Å². The molecule has 3 rings (SSSR count). The molecule has 3 aromatic rings. The van der Waals surface area contributed by atoms with Crippen molar-refractivity contribution in [1.29, 1.82) is 0 Å². The molecule has 32 heavy (non-hydrogen) atoms. The summed E-state index contributed by atoms with van der Waals surface area (Å²) in [6.07, 6.45) is 0. The third kappa shape index (κ3) is 4.50. The second-order valence-corrected chi connectivity index (χ2v) is 9.03. The minimum absolute atomic E-state index is 0.154. The summed E-state index contributed by atoms with van der Waals surface area (Å²) < 4.78 is 69.2. The molecule has 3 aromatic carbocycles. The first-order valence-corrected chi connectivity index (χ1v) is 11.2. The summed E-state index contributed by atoms with van der Waals surface area (Å²) in [7, 11) is -8.34. The number of nitro groups is 1. The maximum absolute atomic E-state index is 11.6. The quantitative estimate of drug-likeness (QED) is 0.201. The third-order valence-corrected chi connectivity index (χ3v) is 5.96. The Morgan fingerprint density at radius 3 is 2.22 bits per heavy atom. The van der Waals surface area contributed by atoms with Crippen LogP contribution < -0.4 is 4.74 Å². The Labute approximate surface area is 180 Å². The molecule has 0 aliphatic rings. The van der Waals surface area contributed by atoms with Crippen LogP contribution in [0.25, 0.3) is 10.8 Å². The molecule has 13 nitrogen and oxygen atoms in total. The lowest BCUT2D eigenvalue weighted by atomic mass is 10.1. The number of hydrogen-bond donors (Lipinski definition) is 3. The van der Waals surface area contributed by atoms with Gasteiger partial charge in [-0.1, -0.05) is 12.1 Å². The molecule has 0 saturated carbocycles. The molecule has 0 amide bonds. The van der Waals surface area contributed by atoms with Crippen LogP contribution in [0.15, 0.2) is 62.5 Å². The number of ether oxygens (including phenoxy) is 1. The van der Waals surface area contributed by atoms with Crippen molar-refractivity contribution in [3.63, 3.8) is 0 Å². The van der Waals surface area contributed by atoms with E-state index in [-0.39, 0.29) is 33.6 Å². The van der Waals surface area contributed by atoms with Gasteiger partial charge in [-0.15, -0.1) is 10.2 Å². The predicted molar refractivity (Wildman–Crippen MR) is 109 cm³/mol. The molecular weight excluding hydrogens is 470 g/mol. The number of hydrogen-bond acceptors (Lipinski definition) is 10. The Hall–Kier alpha value is -3.66. The topological polar surface area (TPSA) is 206 Å². The van der Waals surface area contributed by atoms with E-state index in [0.717, 1.165) is 25.3 Å². The van der Waals surface area contributed by atoms with Crippen LogP contribution >= 0.6 is 0 Å². The largest absolute Gasteiger partial charge is 0.506 e. The number of phenolic OH excluding ortho intramolecular Hbond substituents is 1. The number of benzene rings is 3. The average Bonchev–Trinajstić information content (AvgIpc) is 2.70. The van der Waals surface area contributed by atoms with Gasteiger partial charge in [0.2, 0.25) is 0 Å². The van der Waals surface area contributed by atoms with E-state index in [4.69, 9.17) is 4.74 Å². The lowest BCUT2D eigenvalue weighted by molar-refractivity contribution is -0.387. The zero-order valence-corrected chi connectivity index (χ0v) is 17.5. The van der Waals surface area contributed by atoms with Gasteiger partial charge in [-0.25, -0.2) is 0 Å². The molecule has 168 valence electrons. The summed E-state index contributed by atoms with van der Waals surface area (Å²) in [5.74, 6) is -0.627. The molecule has 0 saturated heterocycles. The van der Waals surface area contributed by atoms with Crippen molar-refractivity contribution in [2.75, 3.05) is 7.11 Å². The van der Waals surface area contributed by atoms with Crippen LogP contribution in [0.4, 0.5) is 17.1 Å². The SMILES string of the molecule is COc1cc([N+](=O)[O-])c(S(=O)(=O)O)cc1N=Nc1c(O)ccc2cc(S(=O)(=O)O)ccc12. The van der Waals surface area contributed by atoms with Crippen LogP contribution in [0.5, 0.6) is 11.5 Å². The Balaban J connectivity index is 2.21. The minimum Gasteiger partial charge on any atom is -0.506 e. The first kappa shape index (κ1) is 23.0. The van der Waals surface area contributed by atoms with E-state index < -0.39 is 40.6 Å². The summed E-state index contributed by atoms with van der Waals surface area (Å²) in [6, 6.07) is 7.41. The average molecular weight is 483 g/mol. The van der Waals surface area contributed by atoms with Crippen LogP contribution in [0.1, 0.15) is 0 Å². The summed E-state index contributed by atoms with van der Waals surface area (Å²) in [5.41, 5.74) is -1.43. The van der Waals surface area contributed by atoms with Crippen LogP contribution in [-0.2, 0) is 20.2 Å². The Morgan fingerprint density at radius 1 is 0.969 bits per heavy atom. The van der Waals surface area contributed by atoms with Gasteiger partial charge in [-0.05, 0) is 29.7 Å². The number of methoxy groups -OCH3 is 1. The number of fused-ring (bicyclic) bond motifs is 1. The fourth-order valence-electron chi connectivity index (χ4n) is 2.78. The molecule has 0 unspecified atom stereocenters. The van der Waals surface area contributed by atoms with Gasteiger partial charge in [0.05, 0.1) is 23.0 Å². The second kappa shape index (κ2) is 8.12. The van der Waals surface area contributed by atoms with E-state index in [1.807, 2.05) is 0 Å². The highest BCUT2D eigenvalue weighted by molar-refractivity contribution is 7.86. The summed E-state index contributed by atoms with van der Waals surface area (Å²) in [5, 5.41) is 29.4. The Morgan fingerprint density at radius 2 is 1.66 bits per heavy atom. The van der Waals surface area contributed by atoms with Crippen LogP contribution in [0.3, 0.4) is 0 Å². The van der Waals surface area contributed by atoms with Crippen molar-refractivity contribution in [2.45, 2.75) is 9.79 Å². The second-order valence-electron chi connectivity index (χ2n) is 6.22. The van der Waals surface area contributed by atoms with E-state index >= 15 is 0 Å². The zero-order valence-electron chi connectivity index (χ0n) is 15.9. The monoisotopic (exact) mass is 483 g/mol. The molecule has 0 atom stereocenters. The molecular formula is C17H13N3O10S2. The molecule has 0 heterocycles. The Bertz CT molecular complexity index is 1500. The fourth-order valence-corrected chi connectivity index (χ4v) is 3.95. The fraction of sp³-hybridized carbons (Fsp3) is 0.0588. The molecule has 0 aliphatic carbocycles. The lowest BCUT2D eigenvalue weighted by Crippen LogP contribution is -2.03. The lowest BCUT2D eigenvalue weighted by Gasteiger charge is -2.08. The van der Waals surface area contributed by atoms with Gasteiger partial charge >= 0.3 is 10.1 Å². The summed E-state index contributed by atoms with van der Waals surface area (Å²) in [6.45, 7) is 0. The van der Waals surface area contributed by atoms with Crippen LogP contribution in [0, 0.1) is 10.1 Å². The maximum atomic E-state index is 11.6. The van der Waals surface area contributed by atoms with Crippen LogP contribution in [0.2, 0.25) is 0 Å². The van der Waals surface area contributed by atoms with E-state index in [1.165, 1.54) is 18.2 Å². The predicted octanol–water partition coefficient (Wildman–Crippen LogP) is 3.37. The van der Waals surface area contributed by atoms with Crippen molar-refractivity contribution >= 4 is 48.1 Å². The van der Waals surface area contributed by atoms with Gasteiger partial charge in [-0.2, -0.15) is 16.8 Å². The van der Waals surface area contributed by atoms with E-state index in [9.17, 15) is 41.2 Å². The van der Waals surface area contributed by atoms with Crippen molar-refractivity contribution in [1.82, 2.24) is 0 Å². The van der Waals surface area contributed by atoms with Crippen molar-refractivity contribution in [3.8, 4) is 11.5 Å². The van der Waals surface area contributed by atoms with Gasteiger partial charge in [0, 0.05) is 5.39 Å². The molecule has 0 aromatic heterocycles. The highest BCUT2D eigenvalue weighted by Crippen LogP contribution is 2.40. The normalized spacial score (nSPS) is 12.3. The molecule has 0 radical (unpaired) electrons. The first-order chi connectivity index (χ1) is 14.8. The van der Waals surface area contributed by atoms with E-state index in [2.05, 4.69) is 10.2 Å². The highest BCUT2D eigenvalue weighted by atomic mass is 32.2. The summed E-state index contributed by atoms with van der Waals surface area (Å²) >= 11 is 0. The first-order valence-electron chi connectivity index (χ1n) is 8.32.